The Hall–Kier alpha value is -0.170. The predicted molar refractivity (Wildman–Crippen MR) is 67.9 cm³/mol. The minimum atomic E-state index is -3.23. The SMILES string of the molecule is CCN(CC)S(=O)(=O)N1C[C@@H]2CCCN[C@@H]2C1. The van der Waals surface area contributed by atoms with Gasteiger partial charge in [-0.25, -0.2) is 0 Å². The summed E-state index contributed by atoms with van der Waals surface area (Å²) in [4.78, 5) is 0. The molecule has 2 aliphatic rings. The first-order valence-corrected chi connectivity index (χ1v) is 7.97. The molecular weight excluding hydrogens is 238 g/mol. The fraction of sp³-hybridized carbons (Fsp3) is 1.00. The fourth-order valence-electron chi connectivity index (χ4n) is 2.91. The summed E-state index contributed by atoms with van der Waals surface area (Å²) >= 11 is 0. The van der Waals surface area contributed by atoms with Crippen molar-refractivity contribution < 1.29 is 8.42 Å². The molecule has 2 heterocycles. The molecule has 0 spiro atoms. The van der Waals surface area contributed by atoms with Gasteiger partial charge in [0.25, 0.3) is 10.2 Å². The van der Waals surface area contributed by atoms with Crippen LogP contribution in [0.3, 0.4) is 0 Å². The molecule has 2 aliphatic heterocycles. The first-order chi connectivity index (χ1) is 8.09. The maximum absolute atomic E-state index is 12.4. The Balaban J connectivity index is 2.08. The summed E-state index contributed by atoms with van der Waals surface area (Å²) in [6, 6.07) is 0.370. The molecule has 0 saturated carbocycles. The van der Waals surface area contributed by atoms with E-state index in [-0.39, 0.29) is 0 Å². The van der Waals surface area contributed by atoms with Crippen LogP contribution in [0.1, 0.15) is 26.7 Å². The quantitative estimate of drug-likeness (QED) is 0.789. The van der Waals surface area contributed by atoms with Crippen molar-refractivity contribution in [1.82, 2.24) is 13.9 Å². The highest BCUT2D eigenvalue weighted by Gasteiger charge is 2.41. The van der Waals surface area contributed by atoms with Gasteiger partial charge in [-0.05, 0) is 25.3 Å². The lowest BCUT2D eigenvalue weighted by molar-refractivity contribution is 0.338. The molecule has 0 aliphatic carbocycles. The molecule has 1 N–H and O–H groups in total. The van der Waals surface area contributed by atoms with Crippen molar-refractivity contribution in [3.8, 4) is 0 Å². The Labute approximate surface area is 104 Å². The summed E-state index contributed by atoms with van der Waals surface area (Å²) in [5.74, 6) is 0.508. The molecule has 2 fully saturated rings. The van der Waals surface area contributed by atoms with Gasteiger partial charge in [-0.15, -0.1) is 0 Å². The Morgan fingerprint density at radius 2 is 2.00 bits per heavy atom. The summed E-state index contributed by atoms with van der Waals surface area (Å²) in [6.07, 6.45) is 2.32. The van der Waals surface area contributed by atoms with E-state index in [1.54, 1.807) is 8.61 Å². The van der Waals surface area contributed by atoms with Gasteiger partial charge in [-0.1, -0.05) is 13.8 Å². The maximum Gasteiger partial charge on any atom is 0.282 e. The molecule has 5 nitrogen and oxygen atoms in total. The first-order valence-electron chi connectivity index (χ1n) is 6.58. The summed E-state index contributed by atoms with van der Waals surface area (Å²) in [7, 11) is -3.23. The molecule has 0 unspecified atom stereocenters. The molecule has 0 amide bonds. The van der Waals surface area contributed by atoms with Gasteiger partial charge in [0.2, 0.25) is 0 Å². The van der Waals surface area contributed by atoms with Crippen LogP contribution in [-0.4, -0.2) is 55.8 Å². The standard InChI is InChI=1S/C11H23N3O2S/c1-3-13(4-2)17(15,16)14-8-10-6-5-7-12-11(10)9-14/h10-12H,3-9H2,1-2H3/t10-,11+/m0/s1. The molecule has 17 heavy (non-hydrogen) atoms. The van der Waals surface area contributed by atoms with E-state index in [0.717, 1.165) is 13.0 Å². The minimum absolute atomic E-state index is 0.370. The van der Waals surface area contributed by atoms with Crippen LogP contribution < -0.4 is 5.32 Å². The van der Waals surface area contributed by atoms with Crippen LogP contribution in [0.5, 0.6) is 0 Å². The zero-order valence-electron chi connectivity index (χ0n) is 10.7. The molecule has 0 bridgehead atoms. The van der Waals surface area contributed by atoms with Gasteiger partial charge in [0.05, 0.1) is 0 Å². The van der Waals surface area contributed by atoms with Crippen LogP contribution in [-0.2, 0) is 10.2 Å². The van der Waals surface area contributed by atoms with Crippen molar-refractivity contribution in [2.75, 3.05) is 32.7 Å². The number of fused-ring (bicyclic) bond motifs is 1. The largest absolute Gasteiger partial charge is 0.312 e. The van der Waals surface area contributed by atoms with E-state index < -0.39 is 10.2 Å². The highest BCUT2D eigenvalue weighted by molar-refractivity contribution is 7.86. The number of hydrogen-bond donors (Lipinski definition) is 1. The highest BCUT2D eigenvalue weighted by atomic mass is 32.2. The van der Waals surface area contributed by atoms with E-state index in [4.69, 9.17) is 0 Å². The van der Waals surface area contributed by atoms with Gasteiger partial charge in [-0.3, -0.25) is 0 Å². The molecule has 2 rings (SSSR count). The Morgan fingerprint density at radius 1 is 1.29 bits per heavy atom. The molecule has 0 aromatic heterocycles. The van der Waals surface area contributed by atoms with Crippen LogP contribution in [0.15, 0.2) is 0 Å². The second-order valence-electron chi connectivity index (χ2n) is 4.87. The maximum atomic E-state index is 12.4. The smallest absolute Gasteiger partial charge is 0.282 e. The van der Waals surface area contributed by atoms with E-state index >= 15 is 0 Å². The number of rotatable bonds is 4. The molecule has 6 heteroatoms. The Kier molecular flexibility index (Phi) is 4.07. The van der Waals surface area contributed by atoms with Gasteiger partial charge in [0.15, 0.2) is 0 Å². The average molecular weight is 261 g/mol. The fourth-order valence-corrected chi connectivity index (χ4v) is 4.62. The molecule has 2 saturated heterocycles. The second kappa shape index (κ2) is 5.22. The van der Waals surface area contributed by atoms with Gasteiger partial charge < -0.3 is 5.32 Å². The zero-order chi connectivity index (χ0) is 12.5. The lowest BCUT2D eigenvalue weighted by Crippen LogP contribution is -2.44. The van der Waals surface area contributed by atoms with Crippen LogP contribution in [0, 0.1) is 5.92 Å². The third kappa shape index (κ3) is 2.50. The van der Waals surface area contributed by atoms with Gasteiger partial charge >= 0.3 is 0 Å². The van der Waals surface area contributed by atoms with Crippen LogP contribution >= 0.6 is 0 Å². The number of hydrogen-bond acceptors (Lipinski definition) is 3. The average Bonchev–Trinajstić information content (AvgIpc) is 2.74. The normalized spacial score (nSPS) is 30.8. The summed E-state index contributed by atoms with van der Waals surface area (Å²) in [5.41, 5.74) is 0. The van der Waals surface area contributed by atoms with Crippen LogP contribution in [0.25, 0.3) is 0 Å². The number of piperidine rings is 1. The monoisotopic (exact) mass is 261 g/mol. The predicted octanol–water partition coefficient (Wildman–Crippen LogP) is 0.257. The molecule has 0 radical (unpaired) electrons. The highest BCUT2D eigenvalue weighted by Crippen LogP contribution is 2.27. The topological polar surface area (TPSA) is 52.7 Å². The van der Waals surface area contributed by atoms with E-state index in [2.05, 4.69) is 5.32 Å². The summed E-state index contributed by atoms with van der Waals surface area (Å²) < 4.78 is 27.9. The minimum Gasteiger partial charge on any atom is -0.312 e. The second-order valence-corrected chi connectivity index (χ2v) is 6.80. The van der Waals surface area contributed by atoms with Crippen molar-refractivity contribution in [3.63, 3.8) is 0 Å². The number of nitrogens with zero attached hydrogens (tertiary/aromatic N) is 2. The van der Waals surface area contributed by atoms with Crippen molar-refractivity contribution in [1.29, 1.82) is 0 Å². The first kappa shape index (κ1) is 13.3. The molecule has 0 aromatic rings. The third-order valence-electron chi connectivity index (χ3n) is 3.92. The van der Waals surface area contributed by atoms with Gasteiger partial charge in [0, 0.05) is 32.2 Å². The van der Waals surface area contributed by atoms with Crippen molar-refractivity contribution in [2.24, 2.45) is 5.92 Å². The number of nitrogens with one attached hydrogen (secondary N) is 1. The van der Waals surface area contributed by atoms with Crippen molar-refractivity contribution in [2.45, 2.75) is 32.7 Å². The third-order valence-corrected chi connectivity index (χ3v) is 6.04. The van der Waals surface area contributed by atoms with Crippen LogP contribution in [0.4, 0.5) is 0 Å². The van der Waals surface area contributed by atoms with E-state index in [0.29, 0.717) is 38.1 Å². The Bertz CT molecular complexity index is 340. The van der Waals surface area contributed by atoms with Crippen molar-refractivity contribution in [3.05, 3.63) is 0 Å². The van der Waals surface area contributed by atoms with Crippen LogP contribution in [0.2, 0.25) is 0 Å². The lowest BCUT2D eigenvalue weighted by atomic mass is 9.94. The summed E-state index contributed by atoms with van der Waals surface area (Å²) in [5, 5.41) is 3.43. The van der Waals surface area contributed by atoms with Gasteiger partial charge in [0.1, 0.15) is 0 Å². The molecule has 100 valence electrons. The van der Waals surface area contributed by atoms with Gasteiger partial charge in [-0.2, -0.15) is 17.0 Å². The molecule has 0 aromatic carbocycles. The zero-order valence-corrected chi connectivity index (χ0v) is 11.5. The van der Waals surface area contributed by atoms with E-state index in [1.807, 2.05) is 13.8 Å². The Morgan fingerprint density at radius 3 is 2.59 bits per heavy atom. The summed E-state index contributed by atoms with van der Waals surface area (Å²) in [6.45, 7) is 7.25. The molecule has 2 atom stereocenters. The van der Waals surface area contributed by atoms with E-state index in [1.165, 1.54) is 6.42 Å². The lowest BCUT2D eigenvalue weighted by Gasteiger charge is -2.25. The molecular formula is C11H23N3O2S. The van der Waals surface area contributed by atoms with Crippen molar-refractivity contribution >= 4 is 10.2 Å². The van der Waals surface area contributed by atoms with E-state index in [9.17, 15) is 8.42 Å².